The van der Waals surface area contributed by atoms with E-state index in [1.54, 1.807) is 4.68 Å². The van der Waals surface area contributed by atoms with E-state index in [1.807, 2.05) is 4.57 Å². The first-order valence-electron chi connectivity index (χ1n) is 8.19. The second-order valence-corrected chi connectivity index (χ2v) is 6.17. The molecule has 0 radical (unpaired) electrons. The number of rotatable bonds is 5. The molecular weight excluding hydrogens is 252 g/mol. The lowest BCUT2D eigenvalue weighted by atomic mass is 9.99. The van der Waals surface area contributed by atoms with Crippen LogP contribution in [-0.2, 0) is 19.5 Å². The highest BCUT2D eigenvalue weighted by Crippen LogP contribution is 2.28. The minimum atomic E-state index is 0.109. The maximum atomic E-state index is 12.3. The third kappa shape index (κ3) is 2.68. The molecule has 3 rings (SSSR count). The van der Waals surface area contributed by atoms with Gasteiger partial charge >= 0.3 is 5.69 Å². The number of aromatic nitrogens is 3. The monoisotopic (exact) mass is 278 g/mol. The van der Waals surface area contributed by atoms with E-state index in [0.29, 0.717) is 12.0 Å². The Morgan fingerprint density at radius 1 is 1.30 bits per heavy atom. The lowest BCUT2D eigenvalue weighted by Crippen LogP contribution is -2.33. The number of nitrogens with zero attached hydrogens (tertiary/aromatic N) is 3. The molecule has 0 saturated heterocycles. The van der Waals surface area contributed by atoms with Crippen LogP contribution in [0.2, 0.25) is 0 Å². The Hall–Kier alpha value is -1.10. The van der Waals surface area contributed by atoms with E-state index < -0.39 is 0 Å². The van der Waals surface area contributed by atoms with Crippen LogP contribution in [0, 0.1) is 5.92 Å². The summed E-state index contributed by atoms with van der Waals surface area (Å²) >= 11 is 0. The molecule has 2 heterocycles. The van der Waals surface area contributed by atoms with Crippen LogP contribution in [0.25, 0.3) is 0 Å². The minimum Gasteiger partial charge on any atom is -0.314 e. The van der Waals surface area contributed by atoms with Gasteiger partial charge in [0.05, 0.1) is 0 Å². The fourth-order valence-electron chi connectivity index (χ4n) is 3.80. The first-order valence-corrected chi connectivity index (χ1v) is 8.19. The Labute approximate surface area is 120 Å². The van der Waals surface area contributed by atoms with Crippen LogP contribution in [0.3, 0.4) is 0 Å². The van der Waals surface area contributed by atoms with Gasteiger partial charge in [0.1, 0.15) is 5.82 Å². The molecular formula is C15H26N4O. The van der Waals surface area contributed by atoms with E-state index in [0.717, 1.165) is 44.7 Å². The van der Waals surface area contributed by atoms with Crippen molar-refractivity contribution < 1.29 is 0 Å². The summed E-state index contributed by atoms with van der Waals surface area (Å²) in [5, 5.41) is 8.11. The SMILES string of the molecule is CCNC1CCCC1CCn1nc2n(c1=O)CCCC2. The number of aryl methyl sites for hydroxylation is 2. The third-order valence-corrected chi connectivity index (χ3v) is 4.87. The van der Waals surface area contributed by atoms with E-state index in [1.165, 1.54) is 25.7 Å². The lowest BCUT2D eigenvalue weighted by Gasteiger charge is -2.19. The van der Waals surface area contributed by atoms with Crippen LogP contribution in [0.15, 0.2) is 4.79 Å². The molecule has 5 heteroatoms. The predicted octanol–water partition coefficient (Wildman–Crippen LogP) is 1.55. The van der Waals surface area contributed by atoms with Crippen molar-refractivity contribution in [3.63, 3.8) is 0 Å². The molecule has 1 fully saturated rings. The maximum absolute atomic E-state index is 12.3. The maximum Gasteiger partial charge on any atom is 0.345 e. The fraction of sp³-hybridized carbons (Fsp3) is 0.867. The Balaban J connectivity index is 1.64. The molecule has 2 atom stereocenters. The van der Waals surface area contributed by atoms with Crippen molar-refractivity contribution >= 4 is 0 Å². The van der Waals surface area contributed by atoms with Gasteiger partial charge in [-0.2, -0.15) is 5.10 Å². The van der Waals surface area contributed by atoms with Gasteiger partial charge in [0.15, 0.2) is 0 Å². The predicted molar refractivity (Wildman–Crippen MR) is 78.8 cm³/mol. The van der Waals surface area contributed by atoms with E-state index in [-0.39, 0.29) is 5.69 Å². The zero-order valence-corrected chi connectivity index (χ0v) is 12.5. The van der Waals surface area contributed by atoms with Crippen molar-refractivity contribution in [2.24, 2.45) is 5.92 Å². The summed E-state index contributed by atoms with van der Waals surface area (Å²) in [6.07, 6.45) is 8.22. The molecule has 1 N–H and O–H groups in total. The third-order valence-electron chi connectivity index (χ3n) is 4.87. The molecule has 2 aliphatic rings. The van der Waals surface area contributed by atoms with Crippen LogP contribution < -0.4 is 11.0 Å². The molecule has 1 saturated carbocycles. The molecule has 1 aromatic rings. The summed E-state index contributed by atoms with van der Waals surface area (Å²) in [6.45, 7) is 4.85. The van der Waals surface area contributed by atoms with Crippen molar-refractivity contribution in [1.29, 1.82) is 0 Å². The quantitative estimate of drug-likeness (QED) is 0.889. The molecule has 1 aliphatic carbocycles. The average molecular weight is 278 g/mol. The Kier molecular flexibility index (Phi) is 4.24. The second-order valence-electron chi connectivity index (χ2n) is 6.17. The highest BCUT2D eigenvalue weighted by molar-refractivity contribution is 4.91. The molecule has 0 spiro atoms. The van der Waals surface area contributed by atoms with Gasteiger partial charge < -0.3 is 5.32 Å². The van der Waals surface area contributed by atoms with Crippen LogP contribution in [0.4, 0.5) is 0 Å². The number of fused-ring (bicyclic) bond motifs is 1. The summed E-state index contributed by atoms with van der Waals surface area (Å²) < 4.78 is 3.59. The van der Waals surface area contributed by atoms with E-state index >= 15 is 0 Å². The van der Waals surface area contributed by atoms with Crippen molar-refractivity contribution in [2.45, 2.75) is 71.0 Å². The highest BCUT2D eigenvalue weighted by atomic mass is 16.2. The molecule has 1 aliphatic heterocycles. The summed E-state index contributed by atoms with van der Waals surface area (Å²) in [4.78, 5) is 12.3. The lowest BCUT2D eigenvalue weighted by molar-refractivity contribution is 0.355. The van der Waals surface area contributed by atoms with E-state index in [2.05, 4.69) is 17.3 Å². The summed E-state index contributed by atoms with van der Waals surface area (Å²) in [7, 11) is 0. The number of nitrogens with one attached hydrogen (secondary N) is 1. The van der Waals surface area contributed by atoms with E-state index in [4.69, 9.17) is 0 Å². The van der Waals surface area contributed by atoms with Gasteiger partial charge in [0.25, 0.3) is 0 Å². The minimum absolute atomic E-state index is 0.109. The van der Waals surface area contributed by atoms with Crippen LogP contribution in [-0.4, -0.2) is 26.9 Å². The Morgan fingerprint density at radius 2 is 2.20 bits per heavy atom. The van der Waals surface area contributed by atoms with Gasteiger partial charge in [-0.25, -0.2) is 9.48 Å². The molecule has 2 unspecified atom stereocenters. The largest absolute Gasteiger partial charge is 0.345 e. The van der Waals surface area contributed by atoms with Crippen molar-refractivity contribution in [1.82, 2.24) is 19.7 Å². The summed E-state index contributed by atoms with van der Waals surface area (Å²) in [5.41, 5.74) is 0.109. The molecule has 0 aromatic carbocycles. The van der Waals surface area contributed by atoms with Crippen molar-refractivity contribution in [2.75, 3.05) is 6.54 Å². The van der Waals surface area contributed by atoms with Crippen LogP contribution >= 0.6 is 0 Å². The Morgan fingerprint density at radius 3 is 3.00 bits per heavy atom. The van der Waals surface area contributed by atoms with Crippen LogP contribution in [0.5, 0.6) is 0 Å². The zero-order chi connectivity index (χ0) is 13.9. The van der Waals surface area contributed by atoms with Gasteiger partial charge in [-0.05, 0) is 44.6 Å². The zero-order valence-electron chi connectivity index (χ0n) is 12.5. The van der Waals surface area contributed by atoms with Crippen LogP contribution in [0.1, 0.15) is 51.3 Å². The Bertz CT molecular complexity index is 504. The van der Waals surface area contributed by atoms with Gasteiger partial charge in [0.2, 0.25) is 0 Å². The molecule has 5 nitrogen and oxygen atoms in total. The van der Waals surface area contributed by atoms with Gasteiger partial charge in [0, 0.05) is 25.6 Å². The molecule has 0 amide bonds. The smallest absolute Gasteiger partial charge is 0.314 e. The first-order chi connectivity index (χ1) is 9.79. The average Bonchev–Trinajstić information content (AvgIpc) is 3.03. The first kappa shape index (κ1) is 13.9. The standard InChI is InChI=1S/C15H26N4O/c1-2-16-13-7-5-6-12(13)9-11-19-15(20)18-10-4-3-8-14(18)17-19/h12-13,16H,2-11H2,1H3. The summed E-state index contributed by atoms with van der Waals surface area (Å²) in [5.74, 6) is 1.71. The summed E-state index contributed by atoms with van der Waals surface area (Å²) in [6, 6.07) is 0.646. The molecule has 1 aromatic heterocycles. The number of hydrogen-bond donors (Lipinski definition) is 1. The highest BCUT2D eigenvalue weighted by Gasteiger charge is 2.26. The topological polar surface area (TPSA) is 51.9 Å². The normalized spacial score (nSPS) is 25.9. The fourth-order valence-corrected chi connectivity index (χ4v) is 3.80. The molecule has 20 heavy (non-hydrogen) atoms. The van der Waals surface area contributed by atoms with Gasteiger partial charge in [-0.1, -0.05) is 13.3 Å². The van der Waals surface area contributed by atoms with Gasteiger partial charge in [-0.15, -0.1) is 0 Å². The van der Waals surface area contributed by atoms with E-state index in [9.17, 15) is 4.79 Å². The molecule has 0 bridgehead atoms. The number of hydrogen-bond acceptors (Lipinski definition) is 3. The van der Waals surface area contributed by atoms with Crippen molar-refractivity contribution in [3.8, 4) is 0 Å². The van der Waals surface area contributed by atoms with Crippen molar-refractivity contribution in [3.05, 3.63) is 16.3 Å². The second kappa shape index (κ2) is 6.12. The van der Waals surface area contributed by atoms with Gasteiger partial charge in [-0.3, -0.25) is 4.57 Å². The molecule has 112 valence electrons.